The van der Waals surface area contributed by atoms with Gasteiger partial charge in [-0.2, -0.15) is 5.26 Å². The monoisotopic (exact) mass is 405 g/mol. The number of nitrogens with zero attached hydrogens (tertiary/aromatic N) is 3. The Hall–Kier alpha value is -1.01. The van der Waals surface area contributed by atoms with E-state index in [1.807, 2.05) is 4.67 Å². The average Bonchev–Trinajstić information content (AvgIpc) is 3.08. The molecular formula is C13H16N3O4PS3. The SMILES string of the molecule is COC(=O)CSC1=N[P@](=S)(SCC(=O)OC)N2CCCC2=C1C#N. The molecule has 2 aliphatic heterocycles. The van der Waals surface area contributed by atoms with Gasteiger partial charge in [-0.25, -0.2) is 4.76 Å². The van der Waals surface area contributed by atoms with Gasteiger partial charge in [-0.05, 0) is 24.6 Å². The van der Waals surface area contributed by atoms with Gasteiger partial charge in [0.05, 0.1) is 25.7 Å². The van der Waals surface area contributed by atoms with Crippen molar-refractivity contribution in [1.29, 1.82) is 5.26 Å². The number of carbonyl (C=O) groups excluding carboxylic acids is 2. The van der Waals surface area contributed by atoms with Crippen LogP contribution in [-0.2, 0) is 30.9 Å². The third-order valence-corrected chi connectivity index (χ3v) is 10.7. The highest BCUT2D eigenvalue weighted by Gasteiger charge is 2.39. The van der Waals surface area contributed by atoms with Crippen molar-refractivity contribution in [2.24, 2.45) is 4.76 Å². The van der Waals surface area contributed by atoms with Crippen LogP contribution in [0, 0.1) is 11.3 Å². The van der Waals surface area contributed by atoms with Crippen molar-refractivity contribution < 1.29 is 19.1 Å². The number of esters is 2. The van der Waals surface area contributed by atoms with Crippen LogP contribution in [0.2, 0.25) is 0 Å². The number of hydrogen-bond acceptors (Lipinski definition) is 8. The van der Waals surface area contributed by atoms with E-state index in [9.17, 15) is 14.9 Å². The second kappa shape index (κ2) is 8.39. The molecule has 0 unspecified atom stereocenters. The van der Waals surface area contributed by atoms with Gasteiger partial charge in [0.1, 0.15) is 16.7 Å². The number of fused-ring (bicyclic) bond motifs is 1. The Morgan fingerprint density at radius 1 is 1.38 bits per heavy atom. The van der Waals surface area contributed by atoms with Crippen molar-refractivity contribution >= 4 is 57.5 Å². The Kier molecular flexibility index (Phi) is 6.75. The number of rotatable bonds is 5. The summed E-state index contributed by atoms with van der Waals surface area (Å²) in [5.74, 6) is -0.587. The van der Waals surface area contributed by atoms with Crippen LogP contribution in [0.1, 0.15) is 12.8 Å². The van der Waals surface area contributed by atoms with Crippen LogP contribution in [0.15, 0.2) is 16.0 Å². The van der Waals surface area contributed by atoms with Gasteiger partial charge in [-0.15, -0.1) is 0 Å². The normalized spacial score (nSPS) is 22.5. The highest BCUT2D eigenvalue weighted by molar-refractivity contribution is 8.70. The molecule has 0 aliphatic carbocycles. The lowest BCUT2D eigenvalue weighted by Gasteiger charge is -2.34. The molecule has 0 N–H and O–H groups in total. The zero-order chi connectivity index (χ0) is 17.7. The van der Waals surface area contributed by atoms with E-state index >= 15 is 0 Å². The van der Waals surface area contributed by atoms with Crippen LogP contribution in [0.5, 0.6) is 0 Å². The molecule has 11 heteroatoms. The fourth-order valence-electron chi connectivity index (χ4n) is 2.23. The van der Waals surface area contributed by atoms with E-state index in [1.165, 1.54) is 25.6 Å². The molecule has 0 aromatic heterocycles. The van der Waals surface area contributed by atoms with Gasteiger partial charge in [-0.3, -0.25) is 9.59 Å². The minimum atomic E-state index is -2.47. The van der Waals surface area contributed by atoms with Crippen molar-refractivity contribution in [1.82, 2.24) is 4.67 Å². The Morgan fingerprint density at radius 2 is 2.04 bits per heavy atom. The lowest BCUT2D eigenvalue weighted by atomic mass is 10.2. The summed E-state index contributed by atoms with van der Waals surface area (Å²) in [5, 5.41) is 9.98. The van der Waals surface area contributed by atoms with Gasteiger partial charge in [-0.1, -0.05) is 23.1 Å². The molecule has 0 amide bonds. The first-order valence-corrected chi connectivity index (χ1v) is 12.3. The maximum absolute atomic E-state index is 11.5. The molecule has 2 rings (SSSR count). The lowest BCUT2D eigenvalue weighted by molar-refractivity contribution is -0.138. The number of methoxy groups -OCH3 is 2. The number of ether oxygens (including phenoxy) is 2. The van der Waals surface area contributed by atoms with Crippen molar-refractivity contribution in [3.8, 4) is 6.07 Å². The minimum Gasteiger partial charge on any atom is -0.468 e. The first kappa shape index (κ1) is 19.3. The van der Waals surface area contributed by atoms with Crippen LogP contribution in [0.25, 0.3) is 0 Å². The van der Waals surface area contributed by atoms with Gasteiger partial charge < -0.3 is 14.1 Å². The molecule has 0 saturated carbocycles. The van der Waals surface area contributed by atoms with Crippen molar-refractivity contribution in [3.63, 3.8) is 0 Å². The number of nitriles is 1. The fourth-order valence-corrected chi connectivity index (χ4v) is 9.19. The lowest BCUT2D eigenvalue weighted by Crippen LogP contribution is -2.21. The molecular weight excluding hydrogens is 389 g/mol. The van der Waals surface area contributed by atoms with Crippen LogP contribution >= 0.6 is 28.7 Å². The zero-order valence-corrected chi connectivity index (χ0v) is 16.5. The highest BCUT2D eigenvalue weighted by Crippen LogP contribution is 2.68. The number of hydrogen-bond donors (Lipinski definition) is 0. The molecule has 7 nitrogen and oxygen atoms in total. The summed E-state index contributed by atoms with van der Waals surface area (Å²) in [6, 6.07) is 2.19. The number of carbonyl (C=O) groups is 2. The second-order valence-electron chi connectivity index (χ2n) is 4.77. The fraction of sp³-hybridized carbons (Fsp3) is 0.538. The predicted octanol–water partition coefficient (Wildman–Crippen LogP) is 2.31. The van der Waals surface area contributed by atoms with Gasteiger partial charge in [0.2, 0.25) is 0 Å². The van der Waals surface area contributed by atoms with Crippen molar-refractivity contribution in [2.75, 3.05) is 32.3 Å². The third-order valence-electron chi connectivity index (χ3n) is 3.36. The summed E-state index contributed by atoms with van der Waals surface area (Å²) in [6.07, 6.45) is 1.64. The average molecular weight is 405 g/mol. The maximum atomic E-state index is 11.5. The number of allylic oxidation sites excluding steroid dienone is 1. The van der Waals surface area contributed by atoms with E-state index in [4.69, 9.17) is 11.8 Å². The standard InChI is InChI=1S/C13H16N3O4PS3/c1-19-11(17)7-23-13-9(6-14)10-4-3-5-16(10)21(22,15-13)24-8-12(18)20-2/h3-5,7-8H2,1-2H3/t21-/m0/s1. The molecule has 0 spiro atoms. The van der Waals surface area contributed by atoms with E-state index in [2.05, 4.69) is 20.3 Å². The smallest absolute Gasteiger partial charge is 0.316 e. The Labute approximate surface area is 153 Å². The Bertz CT molecular complexity index is 701. The predicted molar refractivity (Wildman–Crippen MR) is 99.2 cm³/mol. The molecule has 0 aromatic rings. The van der Waals surface area contributed by atoms with E-state index in [0.717, 1.165) is 36.8 Å². The van der Waals surface area contributed by atoms with Gasteiger partial charge in [0, 0.05) is 12.2 Å². The van der Waals surface area contributed by atoms with Gasteiger partial charge in [0.25, 0.3) is 0 Å². The second-order valence-corrected chi connectivity index (χ2v) is 12.5. The van der Waals surface area contributed by atoms with Crippen LogP contribution < -0.4 is 0 Å². The summed E-state index contributed by atoms with van der Waals surface area (Å²) < 4.78 is 15.9. The zero-order valence-electron chi connectivity index (χ0n) is 13.2. The summed E-state index contributed by atoms with van der Waals surface area (Å²) in [7, 11) is 2.64. The highest BCUT2D eigenvalue weighted by atomic mass is 32.9. The van der Waals surface area contributed by atoms with Crippen molar-refractivity contribution in [3.05, 3.63) is 11.3 Å². The summed E-state index contributed by atoms with van der Waals surface area (Å²) >= 11 is 8.21. The minimum absolute atomic E-state index is 0.0603. The largest absolute Gasteiger partial charge is 0.468 e. The van der Waals surface area contributed by atoms with Crippen LogP contribution in [0.4, 0.5) is 0 Å². The molecule has 130 valence electrons. The molecule has 2 heterocycles. The molecule has 0 bridgehead atoms. The quantitative estimate of drug-likeness (QED) is 0.504. The first-order valence-electron chi connectivity index (χ1n) is 6.98. The molecule has 1 fully saturated rings. The van der Waals surface area contributed by atoms with E-state index in [1.54, 1.807) is 0 Å². The molecule has 1 atom stereocenters. The summed E-state index contributed by atoms with van der Waals surface area (Å²) in [4.78, 5) is 22.9. The first-order chi connectivity index (χ1) is 11.4. The topological polar surface area (TPSA) is 92.0 Å². The van der Waals surface area contributed by atoms with Crippen LogP contribution in [0.3, 0.4) is 0 Å². The molecule has 0 aromatic carbocycles. The molecule has 0 radical (unpaired) electrons. The Balaban J connectivity index is 2.31. The Morgan fingerprint density at radius 3 is 2.67 bits per heavy atom. The summed E-state index contributed by atoms with van der Waals surface area (Å²) in [5.41, 5.74) is -1.12. The molecule has 1 saturated heterocycles. The van der Waals surface area contributed by atoms with Gasteiger partial charge in [0.15, 0.2) is 5.54 Å². The maximum Gasteiger partial charge on any atom is 0.316 e. The molecule has 2 aliphatic rings. The van der Waals surface area contributed by atoms with E-state index in [-0.39, 0.29) is 17.5 Å². The summed E-state index contributed by atoms with van der Waals surface area (Å²) in [6.45, 7) is 0.727. The van der Waals surface area contributed by atoms with Crippen molar-refractivity contribution in [2.45, 2.75) is 12.8 Å². The van der Waals surface area contributed by atoms with Crippen LogP contribution in [-0.4, -0.2) is 53.9 Å². The van der Waals surface area contributed by atoms with Gasteiger partial charge >= 0.3 is 11.9 Å². The third kappa shape index (κ3) is 4.14. The number of thioether (sulfide) groups is 1. The van der Waals surface area contributed by atoms with E-state index < -0.39 is 11.5 Å². The van der Waals surface area contributed by atoms with E-state index in [0.29, 0.717) is 10.6 Å². The molecule has 24 heavy (non-hydrogen) atoms.